The largest absolute Gasteiger partial charge is 0.308 e. The van der Waals surface area contributed by atoms with Crippen molar-refractivity contribution >= 4 is 0 Å². The summed E-state index contributed by atoms with van der Waals surface area (Å²) in [4.78, 5) is 0. The summed E-state index contributed by atoms with van der Waals surface area (Å²) < 4.78 is 28.4. The maximum absolute atomic E-state index is 14.2. The van der Waals surface area contributed by atoms with E-state index in [1.54, 1.807) is 12.1 Å². The van der Waals surface area contributed by atoms with Crippen LogP contribution in [-0.4, -0.2) is 12.6 Å². The van der Waals surface area contributed by atoms with Crippen molar-refractivity contribution in [2.45, 2.75) is 45.1 Å². The van der Waals surface area contributed by atoms with E-state index in [1.807, 2.05) is 12.1 Å². The van der Waals surface area contributed by atoms with Gasteiger partial charge in [-0.3, -0.25) is 0 Å². The number of alkyl halides is 2. The predicted molar refractivity (Wildman–Crippen MR) is 69.9 cm³/mol. The summed E-state index contributed by atoms with van der Waals surface area (Å²) in [6, 6.07) is 6.12. The molecule has 1 aliphatic heterocycles. The molecule has 1 saturated heterocycles. The molecule has 0 aliphatic carbocycles. The Balaban J connectivity index is 2.12. The molecule has 2 rings (SSSR count). The monoisotopic (exact) mass is 253 g/mol. The molecular weight excluding hydrogens is 232 g/mol. The third kappa shape index (κ3) is 2.89. The third-order valence-corrected chi connectivity index (χ3v) is 3.48. The molecule has 0 bridgehead atoms. The van der Waals surface area contributed by atoms with E-state index in [0.717, 1.165) is 18.4 Å². The number of benzene rings is 1. The van der Waals surface area contributed by atoms with Gasteiger partial charge in [-0.2, -0.15) is 8.78 Å². The van der Waals surface area contributed by atoms with E-state index in [4.69, 9.17) is 0 Å². The quantitative estimate of drug-likeness (QED) is 0.862. The first kappa shape index (κ1) is 13.5. The molecule has 0 saturated carbocycles. The van der Waals surface area contributed by atoms with Gasteiger partial charge in [0.2, 0.25) is 0 Å². The molecule has 1 N–H and O–H groups in total. The van der Waals surface area contributed by atoms with Crippen molar-refractivity contribution in [3.05, 3.63) is 35.4 Å². The van der Waals surface area contributed by atoms with Crippen LogP contribution in [0.25, 0.3) is 0 Å². The minimum Gasteiger partial charge on any atom is -0.308 e. The average Bonchev–Trinajstić information content (AvgIpc) is 2.83. The maximum Gasteiger partial charge on any atom is 0.288 e. The smallest absolute Gasteiger partial charge is 0.288 e. The molecular formula is C15H21F2N. The molecule has 3 heteroatoms. The van der Waals surface area contributed by atoms with Gasteiger partial charge in [-0.1, -0.05) is 38.1 Å². The molecule has 0 aromatic heterocycles. The zero-order valence-corrected chi connectivity index (χ0v) is 11.0. The zero-order chi connectivity index (χ0) is 13.2. The number of rotatable bonds is 4. The Morgan fingerprint density at radius 2 is 1.94 bits per heavy atom. The Labute approximate surface area is 108 Å². The van der Waals surface area contributed by atoms with Crippen molar-refractivity contribution in [2.75, 3.05) is 6.54 Å². The minimum absolute atomic E-state index is 0.134. The molecule has 1 fully saturated rings. The van der Waals surface area contributed by atoms with Crippen LogP contribution in [0.4, 0.5) is 8.78 Å². The van der Waals surface area contributed by atoms with E-state index in [1.165, 1.54) is 0 Å². The molecule has 100 valence electrons. The number of nitrogens with one attached hydrogen (secondary N) is 1. The molecule has 1 aromatic rings. The second kappa shape index (κ2) is 5.35. The van der Waals surface area contributed by atoms with Gasteiger partial charge in [0.1, 0.15) is 0 Å². The summed E-state index contributed by atoms with van der Waals surface area (Å²) in [5.74, 6) is -2.21. The summed E-state index contributed by atoms with van der Waals surface area (Å²) in [6.07, 6.45) is 2.33. The van der Waals surface area contributed by atoms with Crippen LogP contribution in [0.2, 0.25) is 0 Å². The molecule has 0 amide bonds. The molecule has 1 aliphatic rings. The molecule has 1 nitrogen and oxygen atoms in total. The number of halogens is 2. The standard InChI is InChI=1S/C15H21F2N/c1-11(2)10-12-5-7-13(8-6-12)15(16,17)14-4-3-9-18-14/h5-8,11,14,18H,3-4,9-10H2,1-2H3. The van der Waals surface area contributed by atoms with Crippen molar-refractivity contribution < 1.29 is 8.78 Å². The highest BCUT2D eigenvalue weighted by Crippen LogP contribution is 2.35. The summed E-state index contributed by atoms with van der Waals surface area (Å²) in [6.45, 7) is 4.96. The van der Waals surface area contributed by atoms with E-state index in [-0.39, 0.29) is 5.56 Å². The molecule has 1 unspecified atom stereocenters. The Hall–Kier alpha value is -0.960. The maximum atomic E-state index is 14.2. The summed E-state index contributed by atoms with van der Waals surface area (Å²) in [7, 11) is 0. The van der Waals surface area contributed by atoms with Gasteiger partial charge in [0.15, 0.2) is 0 Å². The van der Waals surface area contributed by atoms with Crippen LogP contribution in [-0.2, 0) is 12.3 Å². The zero-order valence-electron chi connectivity index (χ0n) is 11.0. The van der Waals surface area contributed by atoms with E-state index >= 15 is 0 Å². The van der Waals surface area contributed by atoms with Crippen molar-refractivity contribution in [2.24, 2.45) is 5.92 Å². The Morgan fingerprint density at radius 1 is 1.28 bits per heavy atom. The lowest BCUT2D eigenvalue weighted by atomic mass is 9.96. The topological polar surface area (TPSA) is 12.0 Å². The first-order valence-electron chi connectivity index (χ1n) is 6.70. The lowest BCUT2D eigenvalue weighted by Crippen LogP contribution is -2.38. The summed E-state index contributed by atoms with van der Waals surface area (Å²) in [5, 5.41) is 2.89. The molecule has 0 radical (unpaired) electrons. The van der Waals surface area contributed by atoms with E-state index in [2.05, 4.69) is 19.2 Å². The van der Waals surface area contributed by atoms with E-state index < -0.39 is 12.0 Å². The van der Waals surface area contributed by atoms with Crippen molar-refractivity contribution in [1.29, 1.82) is 0 Å². The first-order valence-corrected chi connectivity index (χ1v) is 6.70. The normalized spacial score (nSPS) is 20.6. The van der Waals surface area contributed by atoms with Crippen molar-refractivity contribution in [3.63, 3.8) is 0 Å². The van der Waals surface area contributed by atoms with Gasteiger partial charge in [0.25, 0.3) is 5.92 Å². The van der Waals surface area contributed by atoms with E-state index in [0.29, 0.717) is 18.9 Å². The van der Waals surface area contributed by atoms with Crippen LogP contribution in [0.5, 0.6) is 0 Å². The first-order chi connectivity index (χ1) is 8.50. The summed E-state index contributed by atoms with van der Waals surface area (Å²) >= 11 is 0. The number of hydrogen-bond donors (Lipinski definition) is 1. The number of hydrogen-bond acceptors (Lipinski definition) is 1. The average molecular weight is 253 g/mol. The van der Waals surface area contributed by atoms with Gasteiger partial charge >= 0.3 is 0 Å². The van der Waals surface area contributed by atoms with Crippen LogP contribution in [0.15, 0.2) is 24.3 Å². The predicted octanol–water partition coefficient (Wildman–Crippen LogP) is 3.73. The van der Waals surface area contributed by atoms with Gasteiger partial charge in [0.05, 0.1) is 6.04 Å². The van der Waals surface area contributed by atoms with Gasteiger partial charge < -0.3 is 5.32 Å². The summed E-state index contributed by atoms with van der Waals surface area (Å²) in [5.41, 5.74) is 1.26. The molecule has 1 aromatic carbocycles. The fourth-order valence-electron chi connectivity index (χ4n) is 2.53. The molecule has 1 heterocycles. The fourth-order valence-corrected chi connectivity index (χ4v) is 2.53. The van der Waals surface area contributed by atoms with Crippen molar-refractivity contribution in [1.82, 2.24) is 5.32 Å². The van der Waals surface area contributed by atoms with Crippen LogP contribution in [0.1, 0.15) is 37.8 Å². The van der Waals surface area contributed by atoms with Gasteiger partial charge in [-0.25, -0.2) is 0 Å². The highest BCUT2D eigenvalue weighted by Gasteiger charge is 2.42. The molecule has 18 heavy (non-hydrogen) atoms. The minimum atomic E-state index is -2.76. The van der Waals surface area contributed by atoms with Crippen LogP contribution in [0.3, 0.4) is 0 Å². The van der Waals surface area contributed by atoms with Crippen LogP contribution in [0, 0.1) is 5.92 Å². The SMILES string of the molecule is CC(C)Cc1ccc(C(F)(F)C2CCCN2)cc1. The Bertz CT molecular complexity index is 378. The lowest BCUT2D eigenvalue weighted by Gasteiger charge is -2.24. The second-order valence-corrected chi connectivity index (χ2v) is 5.57. The van der Waals surface area contributed by atoms with E-state index in [9.17, 15) is 8.78 Å². The third-order valence-electron chi connectivity index (χ3n) is 3.48. The highest BCUT2D eigenvalue weighted by atomic mass is 19.3. The lowest BCUT2D eigenvalue weighted by molar-refractivity contribution is -0.0376. The van der Waals surface area contributed by atoms with Crippen LogP contribution < -0.4 is 5.32 Å². The highest BCUT2D eigenvalue weighted by molar-refractivity contribution is 5.27. The van der Waals surface area contributed by atoms with Gasteiger partial charge in [-0.15, -0.1) is 0 Å². The Morgan fingerprint density at radius 3 is 2.44 bits per heavy atom. The van der Waals surface area contributed by atoms with Gasteiger partial charge in [-0.05, 0) is 37.3 Å². The molecule has 1 atom stereocenters. The molecule has 0 spiro atoms. The Kier molecular flexibility index (Phi) is 4.00. The van der Waals surface area contributed by atoms with Crippen molar-refractivity contribution in [3.8, 4) is 0 Å². The van der Waals surface area contributed by atoms with Gasteiger partial charge in [0, 0.05) is 5.56 Å². The fraction of sp³-hybridized carbons (Fsp3) is 0.600. The van der Waals surface area contributed by atoms with Crippen LogP contribution >= 0.6 is 0 Å². The second-order valence-electron chi connectivity index (χ2n) is 5.57.